The molecule has 0 aliphatic heterocycles. The fourth-order valence-corrected chi connectivity index (χ4v) is 2.12. The van der Waals surface area contributed by atoms with E-state index in [2.05, 4.69) is 10.1 Å². The summed E-state index contributed by atoms with van der Waals surface area (Å²) in [5.74, 6) is 0. The Morgan fingerprint density at radius 3 is 2.79 bits per heavy atom. The normalized spacial score (nSPS) is 12.1. The Bertz CT molecular complexity index is 640. The fraction of sp³-hybridized carbons (Fsp3) is 0.167. The molecule has 0 fully saturated rings. The molecule has 8 heteroatoms. The third-order valence-corrected chi connectivity index (χ3v) is 3.18. The van der Waals surface area contributed by atoms with Crippen LogP contribution in [0.3, 0.4) is 0 Å². The lowest BCUT2D eigenvalue weighted by molar-refractivity contribution is 0.596. The predicted molar refractivity (Wildman–Crippen MR) is 50.2 cm³/mol. The first-order valence-electron chi connectivity index (χ1n) is 3.54. The van der Waals surface area contributed by atoms with E-state index in [0.29, 0.717) is 5.65 Å². The molecule has 74 valence electrons. The summed E-state index contributed by atoms with van der Waals surface area (Å²) in [4.78, 5) is 14.1. The monoisotopic (exact) mass is 231 g/mol. The van der Waals surface area contributed by atoms with Gasteiger partial charge in [-0.05, 0) is 12.1 Å². The third-order valence-electron chi connectivity index (χ3n) is 1.51. The summed E-state index contributed by atoms with van der Waals surface area (Å²) >= 11 is 0.757. The summed E-state index contributed by atoms with van der Waals surface area (Å²) in [7, 11) is -3.34. The Morgan fingerprint density at radius 1 is 1.43 bits per heavy atom. The van der Waals surface area contributed by atoms with Gasteiger partial charge in [0.15, 0.2) is 20.5 Å². The summed E-state index contributed by atoms with van der Waals surface area (Å²) in [6, 6.07) is 2.77. The van der Waals surface area contributed by atoms with Crippen molar-refractivity contribution in [2.24, 2.45) is 0 Å². The van der Waals surface area contributed by atoms with Crippen molar-refractivity contribution in [3.05, 3.63) is 21.8 Å². The first-order valence-corrected chi connectivity index (χ1v) is 6.21. The number of nitrogens with zero attached hydrogens (tertiary/aromatic N) is 3. The molecule has 0 atom stereocenters. The minimum atomic E-state index is -3.34. The van der Waals surface area contributed by atoms with Crippen molar-refractivity contribution in [3.63, 3.8) is 0 Å². The summed E-state index contributed by atoms with van der Waals surface area (Å²) in [5.41, 5.74) is 0.354. The van der Waals surface area contributed by atoms with Crippen LogP contribution in [0.1, 0.15) is 0 Å². The molecule has 0 aromatic carbocycles. The van der Waals surface area contributed by atoms with Crippen molar-refractivity contribution in [2.45, 2.75) is 5.03 Å². The zero-order chi connectivity index (χ0) is 10.3. The van der Waals surface area contributed by atoms with E-state index in [0.717, 1.165) is 17.8 Å². The summed E-state index contributed by atoms with van der Waals surface area (Å²) in [6.07, 6.45) is 1.06. The topological polar surface area (TPSA) is 81.4 Å². The van der Waals surface area contributed by atoms with Crippen LogP contribution >= 0.6 is 11.5 Å². The molecule has 0 N–H and O–H groups in total. The minimum Gasteiger partial charge on any atom is -0.253 e. The van der Waals surface area contributed by atoms with Crippen LogP contribution in [0.2, 0.25) is 0 Å². The molecule has 0 unspecified atom stereocenters. The molecular formula is C6H5N3O3S2. The maximum absolute atomic E-state index is 11.1. The quantitative estimate of drug-likeness (QED) is 0.664. The van der Waals surface area contributed by atoms with Crippen LogP contribution in [0.25, 0.3) is 5.65 Å². The lowest BCUT2D eigenvalue weighted by Gasteiger charge is -1.95. The second kappa shape index (κ2) is 2.85. The highest BCUT2D eigenvalue weighted by Gasteiger charge is 2.10. The van der Waals surface area contributed by atoms with E-state index < -0.39 is 14.7 Å². The number of aromatic nitrogens is 3. The molecule has 2 heterocycles. The maximum atomic E-state index is 11.1. The summed E-state index contributed by atoms with van der Waals surface area (Å²) in [5, 5.41) is 3.68. The molecule has 2 aromatic heterocycles. The number of rotatable bonds is 1. The van der Waals surface area contributed by atoms with Gasteiger partial charge in [0.2, 0.25) is 0 Å². The van der Waals surface area contributed by atoms with E-state index in [1.165, 1.54) is 16.0 Å². The first-order chi connectivity index (χ1) is 6.47. The minimum absolute atomic E-state index is 0.0707. The molecule has 0 radical (unpaired) electrons. The van der Waals surface area contributed by atoms with Crippen LogP contribution in [0.4, 0.5) is 0 Å². The lowest BCUT2D eigenvalue weighted by Crippen LogP contribution is -2.03. The molecule has 14 heavy (non-hydrogen) atoms. The SMILES string of the molecule is CS(=O)(=O)c1ccc2nc(=O)sn2n1. The second-order valence-electron chi connectivity index (χ2n) is 2.64. The molecule has 6 nitrogen and oxygen atoms in total. The van der Waals surface area contributed by atoms with Gasteiger partial charge in [-0.3, -0.25) is 4.79 Å². The molecule has 0 bridgehead atoms. The van der Waals surface area contributed by atoms with Gasteiger partial charge < -0.3 is 0 Å². The van der Waals surface area contributed by atoms with E-state index >= 15 is 0 Å². The molecule has 0 aliphatic rings. The van der Waals surface area contributed by atoms with Gasteiger partial charge in [0.05, 0.1) is 0 Å². The molecule has 2 aromatic rings. The van der Waals surface area contributed by atoms with E-state index in [1.54, 1.807) is 0 Å². The van der Waals surface area contributed by atoms with Crippen molar-refractivity contribution in [1.82, 2.24) is 14.0 Å². The molecule has 2 rings (SSSR count). The van der Waals surface area contributed by atoms with Gasteiger partial charge in [-0.1, -0.05) is 0 Å². The zero-order valence-electron chi connectivity index (χ0n) is 7.04. The number of hydrogen-bond acceptors (Lipinski definition) is 6. The molecule has 0 aliphatic carbocycles. The van der Waals surface area contributed by atoms with Crippen LogP contribution in [0.5, 0.6) is 0 Å². The Hall–Kier alpha value is -1.28. The van der Waals surface area contributed by atoms with Gasteiger partial charge in [0.25, 0.3) is 0 Å². The fourth-order valence-electron chi connectivity index (χ4n) is 0.917. The van der Waals surface area contributed by atoms with E-state index in [9.17, 15) is 13.2 Å². The van der Waals surface area contributed by atoms with Gasteiger partial charge in [-0.15, -0.1) is 5.10 Å². The highest BCUT2D eigenvalue weighted by molar-refractivity contribution is 7.90. The van der Waals surface area contributed by atoms with Crippen LogP contribution in [-0.2, 0) is 9.84 Å². The molecule has 0 amide bonds. The number of fused-ring (bicyclic) bond motifs is 1. The average Bonchev–Trinajstić information content (AvgIpc) is 2.41. The van der Waals surface area contributed by atoms with Gasteiger partial charge in [-0.2, -0.15) is 8.89 Å². The second-order valence-corrected chi connectivity index (χ2v) is 5.48. The highest BCUT2D eigenvalue weighted by atomic mass is 32.2. The van der Waals surface area contributed by atoms with Crippen molar-refractivity contribution in [2.75, 3.05) is 6.26 Å². The lowest BCUT2D eigenvalue weighted by atomic mass is 10.6. The Kier molecular flexibility index (Phi) is 1.89. The Morgan fingerprint density at radius 2 is 2.14 bits per heavy atom. The average molecular weight is 231 g/mol. The molecule has 0 spiro atoms. The van der Waals surface area contributed by atoms with Crippen LogP contribution < -0.4 is 4.87 Å². The third kappa shape index (κ3) is 1.53. The van der Waals surface area contributed by atoms with Crippen LogP contribution in [0, 0.1) is 0 Å². The van der Waals surface area contributed by atoms with E-state index in [-0.39, 0.29) is 5.03 Å². The molecule has 0 saturated carbocycles. The van der Waals surface area contributed by atoms with Crippen molar-refractivity contribution >= 4 is 27.0 Å². The Labute approximate surface area is 82.9 Å². The highest BCUT2D eigenvalue weighted by Crippen LogP contribution is 2.06. The Balaban J connectivity index is 2.80. The van der Waals surface area contributed by atoms with Gasteiger partial charge in [-0.25, -0.2) is 8.42 Å². The van der Waals surface area contributed by atoms with Crippen LogP contribution in [-0.4, -0.2) is 28.7 Å². The van der Waals surface area contributed by atoms with E-state index in [1.807, 2.05) is 0 Å². The largest absolute Gasteiger partial charge is 0.346 e. The zero-order valence-corrected chi connectivity index (χ0v) is 8.67. The molecule has 0 saturated heterocycles. The standard InChI is InChI=1S/C6H5N3O3S2/c1-14(11,12)5-3-2-4-7-6(10)13-9(4)8-5/h2-3H,1H3. The van der Waals surface area contributed by atoms with Crippen molar-refractivity contribution in [1.29, 1.82) is 0 Å². The van der Waals surface area contributed by atoms with Crippen molar-refractivity contribution in [3.8, 4) is 0 Å². The van der Waals surface area contributed by atoms with Crippen LogP contribution in [0.15, 0.2) is 22.0 Å². The number of hydrogen-bond donors (Lipinski definition) is 0. The van der Waals surface area contributed by atoms with Gasteiger partial charge >= 0.3 is 4.87 Å². The smallest absolute Gasteiger partial charge is 0.253 e. The van der Waals surface area contributed by atoms with Gasteiger partial charge in [0.1, 0.15) is 0 Å². The maximum Gasteiger partial charge on any atom is 0.346 e. The first kappa shape index (κ1) is 9.28. The predicted octanol–water partition coefficient (Wildman–Crippen LogP) is -0.445. The number of sulfone groups is 1. The summed E-state index contributed by atoms with van der Waals surface area (Å²) < 4.78 is 23.4. The molecular weight excluding hydrogens is 226 g/mol. The summed E-state index contributed by atoms with van der Waals surface area (Å²) in [6.45, 7) is 0. The van der Waals surface area contributed by atoms with E-state index in [4.69, 9.17) is 0 Å². The van der Waals surface area contributed by atoms with Crippen molar-refractivity contribution < 1.29 is 8.42 Å². The van der Waals surface area contributed by atoms with Gasteiger partial charge in [0, 0.05) is 17.8 Å².